The third-order valence-electron chi connectivity index (χ3n) is 4.92. The molecule has 0 aromatic heterocycles. The number of urea groups is 1. The van der Waals surface area contributed by atoms with Gasteiger partial charge in [-0.05, 0) is 45.7 Å². The molecule has 2 saturated heterocycles. The lowest BCUT2D eigenvalue weighted by Gasteiger charge is -2.40. The summed E-state index contributed by atoms with van der Waals surface area (Å²) in [5, 5.41) is 12.4. The predicted molar refractivity (Wildman–Crippen MR) is 80.1 cm³/mol. The molecule has 0 saturated carbocycles. The van der Waals surface area contributed by atoms with E-state index in [0.29, 0.717) is 25.4 Å². The number of nitrogens with one attached hydrogen (secondary N) is 1. The van der Waals surface area contributed by atoms with Gasteiger partial charge in [0.05, 0.1) is 5.41 Å². The average Bonchev–Trinajstić information content (AvgIpc) is 2.41. The van der Waals surface area contributed by atoms with Gasteiger partial charge < -0.3 is 20.2 Å². The molecule has 6 heteroatoms. The van der Waals surface area contributed by atoms with E-state index in [1.54, 1.807) is 11.8 Å². The normalized spacial score (nSPS) is 34.5. The highest BCUT2D eigenvalue weighted by Crippen LogP contribution is 2.29. The predicted octanol–water partition coefficient (Wildman–Crippen LogP) is 1.22. The Labute approximate surface area is 126 Å². The molecular formula is C15H27N3O3. The molecule has 2 amide bonds. The summed E-state index contributed by atoms with van der Waals surface area (Å²) in [6.45, 7) is 6.80. The van der Waals surface area contributed by atoms with E-state index in [9.17, 15) is 14.7 Å². The lowest BCUT2D eigenvalue weighted by Crippen LogP contribution is -2.56. The van der Waals surface area contributed by atoms with Crippen LogP contribution in [-0.4, -0.2) is 66.2 Å². The monoisotopic (exact) mass is 297 g/mol. The smallest absolute Gasteiger partial charge is 0.317 e. The van der Waals surface area contributed by atoms with Crippen LogP contribution in [0.2, 0.25) is 0 Å². The Kier molecular flexibility index (Phi) is 4.76. The molecule has 2 rings (SSSR count). The number of hydrogen-bond donors (Lipinski definition) is 2. The fourth-order valence-electron chi connectivity index (χ4n) is 3.41. The van der Waals surface area contributed by atoms with Gasteiger partial charge in [-0.1, -0.05) is 6.92 Å². The second-order valence-electron chi connectivity index (χ2n) is 6.98. The zero-order valence-corrected chi connectivity index (χ0v) is 13.3. The van der Waals surface area contributed by atoms with Crippen LogP contribution in [-0.2, 0) is 4.79 Å². The van der Waals surface area contributed by atoms with Gasteiger partial charge >= 0.3 is 12.0 Å². The van der Waals surface area contributed by atoms with E-state index in [1.165, 1.54) is 0 Å². The van der Waals surface area contributed by atoms with E-state index in [0.717, 1.165) is 25.9 Å². The van der Waals surface area contributed by atoms with Crippen molar-refractivity contribution in [2.75, 3.05) is 33.2 Å². The van der Waals surface area contributed by atoms with Gasteiger partial charge in [0.1, 0.15) is 0 Å². The van der Waals surface area contributed by atoms with Crippen LogP contribution in [0.5, 0.6) is 0 Å². The molecule has 0 aromatic rings. The highest BCUT2D eigenvalue weighted by Gasteiger charge is 2.40. The fourth-order valence-corrected chi connectivity index (χ4v) is 3.41. The van der Waals surface area contributed by atoms with Crippen molar-refractivity contribution in [2.24, 2.45) is 11.3 Å². The summed E-state index contributed by atoms with van der Waals surface area (Å²) in [5.41, 5.74) is -0.812. The molecule has 2 N–H and O–H groups in total. The maximum atomic E-state index is 12.4. The maximum absolute atomic E-state index is 12.4. The zero-order valence-electron chi connectivity index (χ0n) is 13.3. The van der Waals surface area contributed by atoms with E-state index in [-0.39, 0.29) is 12.1 Å². The lowest BCUT2D eigenvalue weighted by atomic mass is 9.82. The Morgan fingerprint density at radius 1 is 1.33 bits per heavy atom. The number of carboxylic acid groups (broad SMARTS) is 1. The molecule has 2 aliphatic heterocycles. The van der Waals surface area contributed by atoms with Gasteiger partial charge in [0.25, 0.3) is 0 Å². The van der Waals surface area contributed by atoms with Crippen LogP contribution in [0.3, 0.4) is 0 Å². The molecule has 2 heterocycles. The van der Waals surface area contributed by atoms with Crippen LogP contribution in [0.25, 0.3) is 0 Å². The van der Waals surface area contributed by atoms with Crippen molar-refractivity contribution in [3.05, 3.63) is 0 Å². The first kappa shape index (κ1) is 16.1. The summed E-state index contributed by atoms with van der Waals surface area (Å²) in [4.78, 5) is 27.7. The molecule has 0 aliphatic carbocycles. The van der Waals surface area contributed by atoms with Crippen LogP contribution in [0, 0.1) is 11.3 Å². The second-order valence-corrected chi connectivity index (χ2v) is 6.98. The highest BCUT2D eigenvalue weighted by molar-refractivity contribution is 5.78. The van der Waals surface area contributed by atoms with Gasteiger partial charge in [-0.15, -0.1) is 0 Å². The van der Waals surface area contributed by atoms with Crippen LogP contribution >= 0.6 is 0 Å². The van der Waals surface area contributed by atoms with Gasteiger partial charge in [-0.3, -0.25) is 4.79 Å². The SMILES string of the molecule is CC1CN(C)CCC1NC(=O)N1CCCC(C)(C(=O)O)C1. The van der Waals surface area contributed by atoms with E-state index in [1.807, 2.05) is 0 Å². The van der Waals surface area contributed by atoms with E-state index >= 15 is 0 Å². The summed E-state index contributed by atoms with van der Waals surface area (Å²) in [5.74, 6) is -0.393. The van der Waals surface area contributed by atoms with Crippen LogP contribution < -0.4 is 5.32 Å². The summed E-state index contributed by atoms with van der Waals surface area (Å²) < 4.78 is 0. The molecule has 6 nitrogen and oxygen atoms in total. The minimum Gasteiger partial charge on any atom is -0.481 e. The lowest BCUT2D eigenvalue weighted by molar-refractivity contribution is -0.150. The third kappa shape index (κ3) is 3.67. The Hall–Kier alpha value is -1.30. The van der Waals surface area contributed by atoms with Crippen LogP contribution in [0.4, 0.5) is 4.79 Å². The second kappa shape index (κ2) is 6.22. The molecule has 0 radical (unpaired) electrons. The van der Waals surface area contributed by atoms with Crippen molar-refractivity contribution >= 4 is 12.0 Å². The first-order valence-corrected chi connectivity index (χ1v) is 7.79. The first-order chi connectivity index (χ1) is 9.82. The van der Waals surface area contributed by atoms with Gasteiger partial charge in [0, 0.05) is 25.7 Å². The molecule has 21 heavy (non-hydrogen) atoms. The maximum Gasteiger partial charge on any atom is 0.317 e. The number of hydrogen-bond acceptors (Lipinski definition) is 3. The largest absolute Gasteiger partial charge is 0.481 e. The summed E-state index contributed by atoms with van der Waals surface area (Å²) in [7, 11) is 2.09. The first-order valence-electron chi connectivity index (χ1n) is 7.79. The molecule has 3 unspecified atom stereocenters. The Morgan fingerprint density at radius 2 is 2.05 bits per heavy atom. The quantitative estimate of drug-likeness (QED) is 0.804. The number of piperidine rings is 2. The topological polar surface area (TPSA) is 72.9 Å². The molecular weight excluding hydrogens is 270 g/mol. The van der Waals surface area contributed by atoms with Gasteiger partial charge in [0.2, 0.25) is 0 Å². The molecule has 2 aliphatic rings. The third-order valence-corrected chi connectivity index (χ3v) is 4.92. The Morgan fingerprint density at radius 3 is 2.67 bits per heavy atom. The Bertz CT molecular complexity index is 415. The zero-order chi connectivity index (χ0) is 15.6. The van der Waals surface area contributed by atoms with Crippen molar-refractivity contribution in [3.8, 4) is 0 Å². The summed E-state index contributed by atoms with van der Waals surface area (Å²) in [6.07, 6.45) is 2.34. The molecule has 120 valence electrons. The van der Waals surface area contributed by atoms with Crippen LogP contribution in [0.1, 0.15) is 33.1 Å². The molecule has 3 atom stereocenters. The number of amides is 2. The van der Waals surface area contributed by atoms with Gasteiger partial charge in [-0.25, -0.2) is 4.79 Å². The standard InChI is InChI=1S/C15H27N3O3/c1-11-9-17(3)8-5-12(11)16-14(21)18-7-4-6-15(2,10-18)13(19)20/h11-12H,4-10H2,1-3H3,(H,16,21)(H,19,20). The minimum atomic E-state index is -0.812. The Balaban J connectivity index is 1.92. The van der Waals surface area contributed by atoms with Gasteiger partial charge in [0.15, 0.2) is 0 Å². The molecule has 2 fully saturated rings. The van der Waals surface area contributed by atoms with Crippen LogP contribution in [0.15, 0.2) is 0 Å². The van der Waals surface area contributed by atoms with Crippen molar-refractivity contribution in [3.63, 3.8) is 0 Å². The molecule has 0 spiro atoms. The molecule has 0 bridgehead atoms. The number of rotatable bonds is 2. The van der Waals surface area contributed by atoms with Crippen molar-refractivity contribution in [2.45, 2.75) is 39.2 Å². The van der Waals surface area contributed by atoms with E-state index in [2.05, 4.69) is 24.2 Å². The number of nitrogens with zero attached hydrogens (tertiary/aromatic N) is 2. The number of carboxylic acids is 1. The number of carbonyl (C=O) groups is 2. The molecule has 0 aromatic carbocycles. The summed E-state index contributed by atoms with van der Waals surface area (Å²) in [6, 6.07) is 0.0790. The fraction of sp³-hybridized carbons (Fsp3) is 0.867. The van der Waals surface area contributed by atoms with Crippen molar-refractivity contribution < 1.29 is 14.7 Å². The van der Waals surface area contributed by atoms with Gasteiger partial charge in [-0.2, -0.15) is 0 Å². The average molecular weight is 297 g/mol. The van der Waals surface area contributed by atoms with Crippen molar-refractivity contribution in [1.29, 1.82) is 0 Å². The van der Waals surface area contributed by atoms with E-state index in [4.69, 9.17) is 0 Å². The highest BCUT2D eigenvalue weighted by atomic mass is 16.4. The van der Waals surface area contributed by atoms with E-state index < -0.39 is 11.4 Å². The number of carbonyl (C=O) groups excluding carboxylic acids is 1. The number of aliphatic carboxylic acids is 1. The minimum absolute atomic E-state index is 0.108. The van der Waals surface area contributed by atoms with Crippen molar-refractivity contribution in [1.82, 2.24) is 15.1 Å². The summed E-state index contributed by atoms with van der Waals surface area (Å²) >= 11 is 0. The number of likely N-dealkylation sites (tertiary alicyclic amines) is 2.